The summed E-state index contributed by atoms with van der Waals surface area (Å²) < 4.78 is 0. The van der Waals surface area contributed by atoms with Crippen LogP contribution in [0.2, 0.25) is 0 Å². The molecule has 3 aliphatic heterocycles. The molecule has 0 radical (unpaired) electrons. The Balaban J connectivity index is 1.11. The minimum absolute atomic E-state index is 0.0488. The van der Waals surface area contributed by atoms with E-state index in [4.69, 9.17) is 0 Å². The molecule has 3 N–H and O–H groups in total. The first-order chi connectivity index (χ1) is 20.0. The van der Waals surface area contributed by atoms with E-state index in [1.54, 1.807) is 17.3 Å². The summed E-state index contributed by atoms with van der Waals surface area (Å²) in [4.78, 5) is 47.5. The Morgan fingerprint density at radius 1 is 1.05 bits per heavy atom. The zero-order chi connectivity index (χ0) is 28.3. The van der Waals surface area contributed by atoms with Crippen LogP contribution < -0.4 is 10.6 Å². The van der Waals surface area contributed by atoms with E-state index in [-0.39, 0.29) is 24.0 Å². The summed E-state index contributed by atoms with van der Waals surface area (Å²) in [5.74, 6) is -0.0760. The van der Waals surface area contributed by atoms with Crippen LogP contribution in [0.3, 0.4) is 0 Å². The van der Waals surface area contributed by atoms with Crippen LogP contribution >= 0.6 is 0 Å². The SMILES string of the molecule is C=CN1CCN(C(=O)C(Cc2ccc3[nH]ncc3c2)NC(=O)N2CCC(N3Cc4ccccc4NC3=O)CC2)CC1. The molecule has 5 amide bonds. The first-order valence-electron chi connectivity index (χ1n) is 14.3. The van der Waals surface area contributed by atoms with Crippen LogP contribution in [0.25, 0.3) is 10.9 Å². The van der Waals surface area contributed by atoms with Gasteiger partial charge in [0, 0.05) is 69.3 Å². The maximum absolute atomic E-state index is 13.7. The molecule has 11 heteroatoms. The lowest BCUT2D eigenvalue weighted by Gasteiger charge is -2.41. The average molecular weight is 557 g/mol. The number of benzene rings is 2. The highest BCUT2D eigenvalue weighted by molar-refractivity contribution is 5.92. The van der Waals surface area contributed by atoms with Crippen LogP contribution in [0.4, 0.5) is 15.3 Å². The highest BCUT2D eigenvalue weighted by Gasteiger charge is 2.34. The van der Waals surface area contributed by atoms with E-state index in [1.807, 2.05) is 52.3 Å². The molecule has 1 unspecified atom stereocenters. The molecule has 41 heavy (non-hydrogen) atoms. The Morgan fingerprint density at radius 2 is 1.83 bits per heavy atom. The van der Waals surface area contributed by atoms with Gasteiger partial charge in [0.05, 0.1) is 11.7 Å². The fourth-order valence-corrected chi connectivity index (χ4v) is 6.04. The van der Waals surface area contributed by atoms with Crippen molar-refractivity contribution < 1.29 is 14.4 Å². The first kappa shape index (κ1) is 26.7. The third-order valence-electron chi connectivity index (χ3n) is 8.48. The number of nitrogens with zero attached hydrogens (tertiary/aromatic N) is 5. The molecule has 1 atom stereocenters. The molecule has 11 nitrogen and oxygen atoms in total. The largest absolute Gasteiger partial charge is 0.374 e. The second-order valence-electron chi connectivity index (χ2n) is 11.0. The molecule has 0 saturated carbocycles. The molecule has 0 spiro atoms. The second-order valence-corrected chi connectivity index (χ2v) is 11.0. The maximum Gasteiger partial charge on any atom is 0.322 e. The number of para-hydroxylation sites is 1. The number of piperazine rings is 1. The van der Waals surface area contributed by atoms with Crippen LogP contribution in [-0.4, -0.2) is 99.1 Å². The number of amides is 5. The van der Waals surface area contributed by atoms with Crippen molar-refractivity contribution in [3.05, 3.63) is 72.6 Å². The van der Waals surface area contributed by atoms with Crippen molar-refractivity contribution in [2.45, 2.75) is 37.9 Å². The Kier molecular flexibility index (Phi) is 7.49. The molecule has 1 aromatic heterocycles. The van der Waals surface area contributed by atoms with Gasteiger partial charge < -0.3 is 30.2 Å². The number of hydrogen-bond donors (Lipinski definition) is 3. The van der Waals surface area contributed by atoms with Crippen molar-refractivity contribution in [3.63, 3.8) is 0 Å². The minimum atomic E-state index is -0.691. The molecule has 4 heterocycles. The number of carbonyl (C=O) groups excluding carboxylic acids is 3. The quantitative estimate of drug-likeness (QED) is 0.432. The Bertz CT molecular complexity index is 1440. The van der Waals surface area contributed by atoms with E-state index in [0.717, 1.165) is 40.8 Å². The van der Waals surface area contributed by atoms with Gasteiger partial charge in [-0.1, -0.05) is 30.8 Å². The van der Waals surface area contributed by atoms with Crippen molar-refractivity contribution in [1.29, 1.82) is 0 Å². The third-order valence-corrected chi connectivity index (χ3v) is 8.48. The number of likely N-dealkylation sites (tertiary alicyclic amines) is 1. The predicted molar refractivity (Wildman–Crippen MR) is 156 cm³/mol. The van der Waals surface area contributed by atoms with E-state index < -0.39 is 6.04 Å². The van der Waals surface area contributed by atoms with Gasteiger partial charge in [0.2, 0.25) is 5.91 Å². The van der Waals surface area contributed by atoms with Crippen molar-refractivity contribution in [1.82, 2.24) is 35.1 Å². The van der Waals surface area contributed by atoms with Crippen LogP contribution in [0.15, 0.2) is 61.4 Å². The summed E-state index contributed by atoms with van der Waals surface area (Å²) in [6.07, 6.45) is 5.31. The number of carbonyl (C=O) groups is 3. The van der Waals surface area contributed by atoms with Crippen molar-refractivity contribution >= 4 is 34.6 Å². The van der Waals surface area contributed by atoms with Gasteiger partial charge in [0.1, 0.15) is 6.04 Å². The molecular weight excluding hydrogens is 520 g/mol. The summed E-state index contributed by atoms with van der Waals surface area (Å²) >= 11 is 0. The lowest BCUT2D eigenvalue weighted by molar-refractivity contribution is -0.134. The summed E-state index contributed by atoms with van der Waals surface area (Å²) in [5, 5.41) is 14.1. The lowest BCUT2D eigenvalue weighted by atomic mass is 10.0. The Morgan fingerprint density at radius 3 is 2.61 bits per heavy atom. The number of aromatic amines is 1. The summed E-state index contributed by atoms with van der Waals surface area (Å²) in [6, 6.07) is 12.8. The van der Waals surface area contributed by atoms with Crippen LogP contribution in [0.5, 0.6) is 0 Å². The molecular formula is C30H36N8O3. The number of rotatable bonds is 6. The molecule has 2 aromatic carbocycles. The van der Waals surface area contributed by atoms with Crippen molar-refractivity contribution in [3.8, 4) is 0 Å². The van der Waals surface area contributed by atoms with Gasteiger partial charge in [-0.15, -0.1) is 0 Å². The molecule has 0 bridgehead atoms. The smallest absolute Gasteiger partial charge is 0.322 e. The maximum atomic E-state index is 13.7. The number of anilines is 1. The van der Waals surface area contributed by atoms with Crippen molar-refractivity contribution in [2.75, 3.05) is 44.6 Å². The van der Waals surface area contributed by atoms with Gasteiger partial charge in [0.15, 0.2) is 0 Å². The second kappa shape index (κ2) is 11.5. The first-order valence-corrected chi connectivity index (χ1v) is 14.3. The van der Waals surface area contributed by atoms with E-state index in [0.29, 0.717) is 52.0 Å². The van der Waals surface area contributed by atoms with E-state index in [9.17, 15) is 14.4 Å². The number of H-pyrrole nitrogens is 1. The van der Waals surface area contributed by atoms with E-state index >= 15 is 0 Å². The monoisotopic (exact) mass is 556 g/mol. The summed E-state index contributed by atoms with van der Waals surface area (Å²) in [7, 11) is 0. The normalized spacial score (nSPS) is 18.6. The third kappa shape index (κ3) is 5.70. The van der Waals surface area contributed by atoms with Gasteiger partial charge in [-0.2, -0.15) is 5.10 Å². The highest BCUT2D eigenvalue weighted by Crippen LogP contribution is 2.27. The van der Waals surface area contributed by atoms with Crippen LogP contribution in [0.1, 0.15) is 24.0 Å². The van der Waals surface area contributed by atoms with Gasteiger partial charge in [0.25, 0.3) is 0 Å². The lowest BCUT2D eigenvalue weighted by Crippen LogP contribution is -2.58. The molecule has 2 fully saturated rings. The molecule has 0 aliphatic carbocycles. The summed E-state index contributed by atoms with van der Waals surface area (Å²) in [6.45, 7) is 8.05. The van der Waals surface area contributed by atoms with E-state index in [2.05, 4.69) is 32.3 Å². The topological polar surface area (TPSA) is 117 Å². The van der Waals surface area contributed by atoms with Gasteiger partial charge in [-0.05, 0) is 48.4 Å². The molecule has 214 valence electrons. The predicted octanol–water partition coefficient (Wildman–Crippen LogP) is 2.98. The number of aromatic nitrogens is 2. The average Bonchev–Trinajstić information content (AvgIpc) is 3.48. The van der Waals surface area contributed by atoms with Crippen LogP contribution in [-0.2, 0) is 17.8 Å². The van der Waals surface area contributed by atoms with Gasteiger partial charge >= 0.3 is 12.1 Å². The zero-order valence-corrected chi connectivity index (χ0v) is 23.1. The van der Waals surface area contributed by atoms with Gasteiger partial charge in [-0.25, -0.2) is 9.59 Å². The number of hydrogen-bond acceptors (Lipinski definition) is 5. The number of fused-ring (bicyclic) bond motifs is 2. The Hall–Kier alpha value is -4.54. The zero-order valence-electron chi connectivity index (χ0n) is 23.1. The van der Waals surface area contributed by atoms with Crippen LogP contribution in [0, 0.1) is 0 Å². The van der Waals surface area contributed by atoms with E-state index in [1.165, 1.54) is 0 Å². The fraction of sp³-hybridized carbons (Fsp3) is 0.400. The molecule has 2 saturated heterocycles. The molecule has 3 aromatic rings. The number of piperidine rings is 1. The molecule has 6 rings (SSSR count). The number of nitrogens with one attached hydrogen (secondary N) is 3. The standard InChI is InChI=1S/C30H36N8O3/c1-2-35-13-15-36(16-14-35)28(39)27(18-21-7-8-26-23(17-21)19-31-34-26)33-29(40)37-11-9-24(10-12-37)38-20-22-5-3-4-6-25(22)32-30(38)41/h2-8,17,19,24,27H,1,9-16,18,20H2,(H,31,34)(H,32,41)(H,33,40). The molecule has 3 aliphatic rings. The highest BCUT2D eigenvalue weighted by atomic mass is 16.2. The minimum Gasteiger partial charge on any atom is -0.374 e. The fourth-order valence-electron chi connectivity index (χ4n) is 6.04. The summed E-state index contributed by atoms with van der Waals surface area (Å²) in [5.41, 5.74) is 3.84. The van der Waals surface area contributed by atoms with Crippen molar-refractivity contribution in [2.24, 2.45) is 0 Å². The number of urea groups is 2. The van der Waals surface area contributed by atoms with Gasteiger partial charge in [-0.3, -0.25) is 9.89 Å². The Labute approximate surface area is 239 Å².